The first-order valence-electron chi connectivity index (χ1n) is 6.40. The lowest BCUT2D eigenvalue weighted by atomic mass is 9.97. The Hall–Kier alpha value is -1.84. The number of rotatable bonds is 5. The molecule has 1 aromatic carbocycles. The topological polar surface area (TPSA) is 63.6 Å². The van der Waals surface area contributed by atoms with Gasteiger partial charge in [0.15, 0.2) is 5.78 Å². The second kappa shape index (κ2) is 5.03. The molecule has 19 heavy (non-hydrogen) atoms. The van der Waals surface area contributed by atoms with Crippen molar-refractivity contribution in [1.82, 2.24) is 0 Å². The molecule has 1 aliphatic carbocycles. The minimum atomic E-state index is -0.892. The van der Waals surface area contributed by atoms with E-state index in [1.165, 1.54) is 7.11 Å². The fourth-order valence-corrected chi connectivity index (χ4v) is 2.23. The third-order valence-electron chi connectivity index (χ3n) is 3.60. The number of benzene rings is 1. The van der Waals surface area contributed by atoms with Crippen molar-refractivity contribution < 1.29 is 19.4 Å². The van der Waals surface area contributed by atoms with Crippen LogP contribution in [-0.4, -0.2) is 24.0 Å². The van der Waals surface area contributed by atoms with Gasteiger partial charge in [-0.15, -0.1) is 0 Å². The molecule has 2 atom stereocenters. The fraction of sp³-hybridized carbons (Fsp3) is 0.467. The number of carboxylic acid groups (broad SMARTS) is 1. The SMILES string of the molecule is COc1cc(C(C)C)ccc1C(=O)C1CC1C(=O)O. The fourth-order valence-electron chi connectivity index (χ4n) is 2.23. The van der Waals surface area contributed by atoms with E-state index in [1.54, 1.807) is 6.07 Å². The third-order valence-corrected chi connectivity index (χ3v) is 3.60. The first-order chi connectivity index (χ1) is 8.95. The van der Waals surface area contributed by atoms with Gasteiger partial charge in [0.1, 0.15) is 5.75 Å². The van der Waals surface area contributed by atoms with E-state index in [4.69, 9.17) is 9.84 Å². The van der Waals surface area contributed by atoms with Gasteiger partial charge in [0, 0.05) is 5.92 Å². The smallest absolute Gasteiger partial charge is 0.307 e. The molecule has 2 rings (SSSR count). The van der Waals surface area contributed by atoms with Crippen LogP contribution < -0.4 is 4.74 Å². The van der Waals surface area contributed by atoms with Crippen molar-refractivity contribution in [2.45, 2.75) is 26.2 Å². The van der Waals surface area contributed by atoms with Crippen molar-refractivity contribution in [2.24, 2.45) is 11.8 Å². The Labute approximate surface area is 112 Å². The summed E-state index contributed by atoms with van der Waals surface area (Å²) in [4.78, 5) is 23.1. The van der Waals surface area contributed by atoms with E-state index in [0.717, 1.165) is 5.56 Å². The van der Waals surface area contributed by atoms with Crippen molar-refractivity contribution >= 4 is 11.8 Å². The molecule has 4 nitrogen and oxygen atoms in total. The highest BCUT2D eigenvalue weighted by Gasteiger charge is 2.48. The molecule has 1 fully saturated rings. The maximum atomic E-state index is 12.2. The molecule has 1 aliphatic rings. The Morgan fingerprint density at radius 1 is 1.32 bits per heavy atom. The van der Waals surface area contributed by atoms with Crippen molar-refractivity contribution in [3.63, 3.8) is 0 Å². The summed E-state index contributed by atoms with van der Waals surface area (Å²) in [5.74, 6) is -1.05. The van der Waals surface area contributed by atoms with Crippen LogP contribution in [0, 0.1) is 11.8 Å². The average molecular weight is 262 g/mol. The van der Waals surface area contributed by atoms with E-state index < -0.39 is 17.8 Å². The predicted octanol–water partition coefficient (Wildman–Crippen LogP) is 2.72. The van der Waals surface area contributed by atoms with E-state index in [0.29, 0.717) is 23.7 Å². The van der Waals surface area contributed by atoms with Crippen LogP contribution in [0.15, 0.2) is 18.2 Å². The Kier molecular flexibility index (Phi) is 3.60. The molecular weight excluding hydrogens is 244 g/mol. The molecule has 0 amide bonds. The summed E-state index contributed by atoms with van der Waals surface area (Å²) in [7, 11) is 1.53. The summed E-state index contributed by atoms with van der Waals surface area (Å²) in [5.41, 5.74) is 1.58. The van der Waals surface area contributed by atoms with Crippen LogP contribution in [0.5, 0.6) is 5.75 Å². The third kappa shape index (κ3) is 2.62. The Bertz CT molecular complexity index is 519. The average Bonchev–Trinajstić information content (AvgIpc) is 3.17. The minimum Gasteiger partial charge on any atom is -0.496 e. The van der Waals surface area contributed by atoms with Crippen molar-refractivity contribution in [1.29, 1.82) is 0 Å². The predicted molar refractivity (Wildman–Crippen MR) is 70.6 cm³/mol. The van der Waals surface area contributed by atoms with Gasteiger partial charge in [-0.3, -0.25) is 9.59 Å². The van der Waals surface area contributed by atoms with Gasteiger partial charge in [0.2, 0.25) is 0 Å². The molecule has 2 unspecified atom stereocenters. The summed E-state index contributed by atoms with van der Waals surface area (Å²) in [6.07, 6.45) is 0.434. The minimum absolute atomic E-state index is 0.125. The highest BCUT2D eigenvalue weighted by atomic mass is 16.5. The number of aliphatic carboxylic acids is 1. The molecule has 0 bridgehead atoms. The van der Waals surface area contributed by atoms with Gasteiger partial charge in [-0.05, 0) is 30.0 Å². The molecule has 0 radical (unpaired) electrons. The van der Waals surface area contributed by atoms with Gasteiger partial charge in [-0.2, -0.15) is 0 Å². The maximum absolute atomic E-state index is 12.2. The normalized spacial score (nSPS) is 21.3. The molecule has 102 valence electrons. The summed E-state index contributed by atoms with van der Waals surface area (Å²) >= 11 is 0. The van der Waals surface area contributed by atoms with Gasteiger partial charge in [0.05, 0.1) is 18.6 Å². The zero-order valence-corrected chi connectivity index (χ0v) is 11.3. The lowest BCUT2D eigenvalue weighted by Gasteiger charge is -2.11. The van der Waals surface area contributed by atoms with Gasteiger partial charge in [0.25, 0.3) is 0 Å². The molecule has 0 spiro atoms. The Morgan fingerprint density at radius 3 is 2.47 bits per heavy atom. The Morgan fingerprint density at radius 2 is 2.00 bits per heavy atom. The number of ketones is 1. The van der Waals surface area contributed by atoms with Crippen molar-refractivity contribution in [2.75, 3.05) is 7.11 Å². The van der Waals surface area contributed by atoms with E-state index in [1.807, 2.05) is 12.1 Å². The number of carboxylic acids is 1. The summed E-state index contributed by atoms with van der Waals surface area (Å²) < 4.78 is 5.26. The van der Waals surface area contributed by atoms with Crippen LogP contribution in [0.4, 0.5) is 0 Å². The second-order valence-electron chi connectivity index (χ2n) is 5.27. The van der Waals surface area contributed by atoms with Crippen molar-refractivity contribution in [3.05, 3.63) is 29.3 Å². The van der Waals surface area contributed by atoms with Crippen LogP contribution >= 0.6 is 0 Å². The highest BCUT2D eigenvalue weighted by molar-refractivity contribution is 6.04. The molecule has 0 heterocycles. The lowest BCUT2D eigenvalue weighted by molar-refractivity contribution is -0.138. The summed E-state index contributed by atoms with van der Waals surface area (Å²) in [6, 6.07) is 5.50. The molecule has 1 aromatic rings. The zero-order chi connectivity index (χ0) is 14.2. The second-order valence-corrected chi connectivity index (χ2v) is 5.27. The Balaban J connectivity index is 2.25. The number of carbonyl (C=O) groups excluding carboxylic acids is 1. The monoisotopic (exact) mass is 262 g/mol. The molecule has 1 saturated carbocycles. The highest BCUT2D eigenvalue weighted by Crippen LogP contribution is 2.42. The van der Waals surface area contributed by atoms with Gasteiger partial charge in [-0.25, -0.2) is 0 Å². The number of Topliss-reactive ketones (excluding diaryl/α,β-unsaturated/α-hetero) is 1. The van der Waals surface area contributed by atoms with Crippen LogP contribution in [0.3, 0.4) is 0 Å². The molecule has 0 saturated heterocycles. The standard InChI is InChI=1S/C15H18O4/c1-8(2)9-4-5-10(13(6-9)19-3)14(16)11-7-12(11)15(17)18/h4-6,8,11-12H,7H2,1-3H3,(H,17,18). The summed E-state index contributed by atoms with van der Waals surface area (Å²) in [5, 5.41) is 8.88. The van der Waals surface area contributed by atoms with Crippen LogP contribution in [0.2, 0.25) is 0 Å². The van der Waals surface area contributed by atoms with Crippen LogP contribution in [0.25, 0.3) is 0 Å². The first kappa shape index (κ1) is 13.6. The molecular formula is C15H18O4. The van der Waals surface area contributed by atoms with E-state index in [-0.39, 0.29) is 5.78 Å². The number of ether oxygens (including phenoxy) is 1. The number of methoxy groups -OCH3 is 1. The maximum Gasteiger partial charge on any atom is 0.307 e. The van der Waals surface area contributed by atoms with E-state index in [9.17, 15) is 9.59 Å². The van der Waals surface area contributed by atoms with Gasteiger partial charge < -0.3 is 9.84 Å². The molecule has 1 N–H and O–H groups in total. The quantitative estimate of drug-likeness (QED) is 0.829. The van der Waals surface area contributed by atoms with Gasteiger partial charge in [-0.1, -0.05) is 19.9 Å². The first-order valence-corrected chi connectivity index (χ1v) is 6.40. The van der Waals surface area contributed by atoms with Crippen LogP contribution in [-0.2, 0) is 4.79 Å². The lowest BCUT2D eigenvalue weighted by Crippen LogP contribution is -2.10. The van der Waals surface area contributed by atoms with Gasteiger partial charge >= 0.3 is 5.97 Å². The van der Waals surface area contributed by atoms with E-state index >= 15 is 0 Å². The zero-order valence-electron chi connectivity index (χ0n) is 11.3. The number of carbonyl (C=O) groups is 2. The largest absolute Gasteiger partial charge is 0.496 e. The molecule has 0 aromatic heterocycles. The molecule has 4 heteroatoms. The van der Waals surface area contributed by atoms with Crippen LogP contribution in [0.1, 0.15) is 42.1 Å². The molecule has 0 aliphatic heterocycles. The number of hydrogen-bond donors (Lipinski definition) is 1. The summed E-state index contributed by atoms with van der Waals surface area (Å²) in [6.45, 7) is 4.13. The van der Waals surface area contributed by atoms with Crippen molar-refractivity contribution in [3.8, 4) is 5.75 Å². The van der Waals surface area contributed by atoms with E-state index in [2.05, 4.69) is 13.8 Å². The number of hydrogen-bond acceptors (Lipinski definition) is 3.